The number of hydrogen-bond donors (Lipinski definition) is 3. The van der Waals surface area contributed by atoms with Crippen molar-refractivity contribution in [2.24, 2.45) is 0 Å². The van der Waals surface area contributed by atoms with E-state index in [1.165, 1.54) is 12.1 Å². The molecule has 0 radical (unpaired) electrons. The Morgan fingerprint density at radius 3 is 2.37 bits per heavy atom. The summed E-state index contributed by atoms with van der Waals surface area (Å²) in [5, 5.41) is 16.5. The third-order valence-corrected chi connectivity index (χ3v) is 4.20. The molecular weight excluding hydrogens is 347 g/mol. The molecule has 6 heteroatoms. The molecular formula is C21H19FN2O3. The van der Waals surface area contributed by atoms with Gasteiger partial charge in [-0.2, -0.15) is 0 Å². The maximum Gasteiger partial charge on any atom is 0.252 e. The predicted molar refractivity (Wildman–Crippen MR) is 101 cm³/mol. The lowest BCUT2D eigenvalue weighted by molar-refractivity contribution is -0.124. The van der Waals surface area contributed by atoms with E-state index in [2.05, 4.69) is 10.6 Å². The Morgan fingerprint density at radius 2 is 1.67 bits per heavy atom. The molecule has 3 N–H and O–H groups in total. The summed E-state index contributed by atoms with van der Waals surface area (Å²) in [4.78, 5) is 24.7. The molecule has 2 amide bonds. The monoisotopic (exact) mass is 366 g/mol. The number of fused-ring (bicyclic) bond motifs is 1. The Kier molecular flexibility index (Phi) is 5.78. The molecule has 27 heavy (non-hydrogen) atoms. The van der Waals surface area contributed by atoms with E-state index in [9.17, 15) is 19.1 Å². The molecule has 5 nitrogen and oxygen atoms in total. The van der Waals surface area contributed by atoms with Gasteiger partial charge in [0.2, 0.25) is 5.91 Å². The quantitative estimate of drug-likeness (QED) is 0.627. The standard InChI is InChI=1S/C21H19FN2O3/c22-18-9-5-14(6-10-18)12-23-21(27)19(13-25)24-20(26)17-8-7-15-3-1-2-4-16(15)11-17/h1-11,19,25H,12-13H2,(H,23,27)(H,24,26)/t19-/m0/s1. The lowest BCUT2D eigenvalue weighted by Crippen LogP contribution is -2.48. The van der Waals surface area contributed by atoms with Crippen molar-refractivity contribution in [1.82, 2.24) is 10.6 Å². The van der Waals surface area contributed by atoms with Gasteiger partial charge < -0.3 is 15.7 Å². The number of aliphatic hydroxyl groups excluding tert-OH is 1. The van der Waals surface area contributed by atoms with E-state index in [0.29, 0.717) is 11.1 Å². The van der Waals surface area contributed by atoms with Crippen molar-refractivity contribution >= 4 is 22.6 Å². The molecule has 0 aliphatic heterocycles. The van der Waals surface area contributed by atoms with Gasteiger partial charge >= 0.3 is 0 Å². The molecule has 3 rings (SSSR count). The Bertz CT molecular complexity index is 957. The van der Waals surface area contributed by atoms with Crippen LogP contribution >= 0.6 is 0 Å². The third-order valence-electron chi connectivity index (χ3n) is 4.20. The van der Waals surface area contributed by atoms with Crippen LogP contribution in [0.15, 0.2) is 66.7 Å². The first-order valence-electron chi connectivity index (χ1n) is 8.49. The summed E-state index contributed by atoms with van der Waals surface area (Å²) >= 11 is 0. The van der Waals surface area contributed by atoms with E-state index < -0.39 is 24.5 Å². The normalized spacial score (nSPS) is 11.8. The molecule has 0 aliphatic carbocycles. The second-order valence-electron chi connectivity index (χ2n) is 6.11. The van der Waals surface area contributed by atoms with Crippen LogP contribution in [0.25, 0.3) is 10.8 Å². The van der Waals surface area contributed by atoms with Gasteiger partial charge in [-0.15, -0.1) is 0 Å². The zero-order valence-corrected chi connectivity index (χ0v) is 14.5. The van der Waals surface area contributed by atoms with E-state index in [0.717, 1.165) is 10.8 Å². The number of hydrogen-bond acceptors (Lipinski definition) is 3. The van der Waals surface area contributed by atoms with Crippen molar-refractivity contribution in [3.05, 3.63) is 83.7 Å². The maximum atomic E-state index is 12.9. The average Bonchev–Trinajstić information content (AvgIpc) is 2.70. The van der Waals surface area contributed by atoms with Gasteiger partial charge in [-0.05, 0) is 40.6 Å². The molecule has 0 bridgehead atoms. The maximum absolute atomic E-state index is 12.9. The lowest BCUT2D eigenvalue weighted by Gasteiger charge is -2.16. The molecule has 138 valence electrons. The summed E-state index contributed by atoms with van der Waals surface area (Å²) in [6, 6.07) is 17.5. The number of nitrogens with one attached hydrogen (secondary N) is 2. The van der Waals surface area contributed by atoms with Gasteiger partial charge in [-0.25, -0.2) is 4.39 Å². The van der Waals surface area contributed by atoms with Crippen molar-refractivity contribution < 1.29 is 19.1 Å². The number of aliphatic hydroxyl groups is 1. The minimum Gasteiger partial charge on any atom is -0.394 e. The van der Waals surface area contributed by atoms with Gasteiger partial charge in [0.1, 0.15) is 11.9 Å². The number of benzene rings is 3. The SMILES string of the molecule is O=C(N[C@@H](CO)C(=O)NCc1ccc(F)cc1)c1ccc2ccccc2c1. The molecule has 0 spiro atoms. The Morgan fingerprint density at radius 1 is 0.963 bits per heavy atom. The van der Waals surface area contributed by atoms with Crippen LogP contribution in [0.3, 0.4) is 0 Å². The number of carbonyl (C=O) groups excluding carboxylic acids is 2. The summed E-state index contributed by atoms with van der Waals surface area (Å²) in [7, 11) is 0. The average molecular weight is 366 g/mol. The number of carbonyl (C=O) groups is 2. The largest absolute Gasteiger partial charge is 0.394 e. The van der Waals surface area contributed by atoms with Gasteiger partial charge in [-0.3, -0.25) is 9.59 Å². The topological polar surface area (TPSA) is 78.4 Å². The smallest absolute Gasteiger partial charge is 0.252 e. The molecule has 3 aromatic rings. The molecule has 0 saturated heterocycles. The third kappa shape index (κ3) is 4.68. The molecule has 1 atom stereocenters. The van der Waals surface area contributed by atoms with Crippen LogP contribution in [-0.2, 0) is 11.3 Å². The lowest BCUT2D eigenvalue weighted by atomic mass is 10.1. The first-order chi connectivity index (χ1) is 13.1. The fraction of sp³-hybridized carbons (Fsp3) is 0.143. The zero-order chi connectivity index (χ0) is 19.2. The summed E-state index contributed by atoms with van der Waals surface area (Å²) < 4.78 is 12.9. The predicted octanol–water partition coefficient (Wildman–Crippen LogP) is 2.39. The number of rotatable bonds is 6. The van der Waals surface area contributed by atoms with Crippen LogP contribution in [0.1, 0.15) is 15.9 Å². The summed E-state index contributed by atoms with van der Waals surface area (Å²) in [5.74, 6) is -1.33. The van der Waals surface area contributed by atoms with E-state index in [-0.39, 0.29) is 12.4 Å². The fourth-order valence-electron chi connectivity index (χ4n) is 2.68. The van der Waals surface area contributed by atoms with E-state index in [4.69, 9.17) is 0 Å². The molecule has 0 saturated carbocycles. The van der Waals surface area contributed by atoms with Crippen molar-refractivity contribution in [1.29, 1.82) is 0 Å². The van der Waals surface area contributed by atoms with Gasteiger partial charge in [0, 0.05) is 12.1 Å². The number of amides is 2. The van der Waals surface area contributed by atoms with Gasteiger partial charge in [0.05, 0.1) is 6.61 Å². The van der Waals surface area contributed by atoms with Crippen molar-refractivity contribution in [3.63, 3.8) is 0 Å². The zero-order valence-electron chi connectivity index (χ0n) is 14.5. The van der Waals surface area contributed by atoms with Crippen LogP contribution < -0.4 is 10.6 Å². The fourth-order valence-corrected chi connectivity index (χ4v) is 2.68. The Labute approximate surface area is 155 Å². The molecule has 0 aromatic heterocycles. The van der Waals surface area contributed by atoms with E-state index in [1.54, 1.807) is 24.3 Å². The first-order valence-corrected chi connectivity index (χ1v) is 8.49. The highest BCUT2D eigenvalue weighted by Gasteiger charge is 2.20. The highest BCUT2D eigenvalue weighted by molar-refractivity contribution is 6.00. The summed E-state index contributed by atoms with van der Waals surface area (Å²) in [6.07, 6.45) is 0. The van der Waals surface area contributed by atoms with Crippen LogP contribution in [0, 0.1) is 5.82 Å². The van der Waals surface area contributed by atoms with Gasteiger partial charge in [0.15, 0.2) is 0 Å². The van der Waals surface area contributed by atoms with Crippen LogP contribution in [0.4, 0.5) is 4.39 Å². The van der Waals surface area contributed by atoms with Crippen molar-refractivity contribution in [3.8, 4) is 0 Å². The highest BCUT2D eigenvalue weighted by atomic mass is 19.1. The molecule has 0 aliphatic rings. The summed E-state index contributed by atoms with van der Waals surface area (Å²) in [5.41, 5.74) is 1.11. The highest BCUT2D eigenvalue weighted by Crippen LogP contribution is 2.15. The molecule has 0 unspecified atom stereocenters. The molecule has 0 heterocycles. The summed E-state index contributed by atoms with van der Waals surface area (Å²) in [6.45, 7) is -0.365. The van der Waals surface area contributed by atoms with Crippen LogP contribution in [-0.4, -0.2) is 29.6 Å². The van der Waals surface area contributed by atoms with E-state index >= 15 is 0 Å². The molecule has 0 fully saturated rings. The van der Waals surface area contributed by atoms with E-state index in [1.807, 2.05) is 30.3 Å². The Hall–Kier alpha value is -3.25. The Balaban J connectivity index is 1.63. The second kappa shape index (κ2) is 8.42. The van der Waals surface area contributed by atoms with Crippen LogP contribution in [0.5, 0.6) is 0 Å². The second-order valence-corrected chi connectivity index (χ2v) is 6.11. The number of halogens is 1. The molecule has 3 aromatic carbocycles. The van der Waals surface area contributed by atoms with Gasteiger partial charge in [0.25, 0.3) is 5.91 Å². The van der Waals surface area contributed by atoms with Crippen molar-refractivity contribution in [2.75, 3.05) is 6.61 Å². The van der Waals surface area contributed by atoms with Crippen LogP contribution in [0.2, 0.25) is 0 Å². The minimum absolute atomic E-state index is 0.168. The first kappa shape index (κ1) is 18.5. The van der Waals surface area contributed by atoms with Crippen molar-refractivity contribution in [2.45, 2.75) is 12.6 Å². The minimum atomic E-state index is -1.08. The van der Waals surface area contributed by atoms with Gasteiger partial charge in [-0.1, -0.05) is 42.5 Å².